The summed E-state index contributed by atoms with van der Waals surface area (Å²) < 4.78 is 0. The zero-order valence-electron chi connectivity index (χ0n) is 21.3. The maximum atomic E-state index is 12.8. The van der Waals surface area contributed by atoms with Gasteiger partial charge >= 0.3 is 5.97 Å². The van der Waals surface area contributed by atoms with Crippen molar-refractivity contribution in [2.75, 3.05) is 24.5 Å². The number of hydrogen-bond acceptors (Lipinski definition) is 4. The molecule has 0 spiro atoms. The summed E-state index contributed by atoms with van der Waals surface area (Å²) in [6.45, 7) is 6.63. The van der Waals surface area contributed by atoms with E-state index in [1.807, 2.05) is 36.4 Å². The number of fused-ring (bicyclic) bond motifs is 1. The molecule has 1 aliphatic carbocycles. The molecule has 2 aromatic rings. The van der Waals surface area contributed by atoms with Crippen LogP contribution in [0.2, 0.25) is 0 Å². The summed E-state index contributed by atoms with van der Waals surface area (Å²) in [6, 6.07) is 13.8. The van der Waals surface area contributed by atoms with Gasteiger partial charge in [-0.3, -0.25) is 14.4 Å². The average molecular weight is 492 g/mol. The second kappa shape index (κ2) is 13.5. The van der Waals surface area contributed by atoms with E-state index >= 15 is 0 Å². The Morgan fingerprint density at radius 2 is 1.78 bits per heavy atom. The number of unbranched alkanes of at least 4 members (excludes halogenated alkanes) is 2. The van der Waals surface area contributed by atoms with Crippen LogP contribution in [0.5, 0.6) is 0 Å². The largest absolute Gasteiger partial charge is 0.481 e. The summed E-state index contributed by atoms with van der Waals surface area (Å²) in [7, 11) is 0. The molecule has 0 fully saturated rings. The maximum Gasteiger partial charge on any atom is 0.303 e. The standard InChI is InChI=1S/C29H37N3O4/c1-3-32(4-2)24-14-11-22(12-15-24)29(36)31-26-17-13-23-20-21(9-16-25(23)26)10-18-27(33)30-19-7-5-6-8-28(34)35/h9-12,14-16,18,20,26H,3-8,13,17,19H2,1-2H3,(H,30,33)(H,31,36)(H,34,35)/b18-10+. The number of carboxylic acid groups (broad SMARTS) is 1. The van der Waals surface area contributed by atoms with Crippen LogP contribution >= 0.6 is 0 Å². The Morgan fingerprint density at radius 3 is 2.47 bits per heavy atom. The molecular weight excluding hydrogens is 454 g/mol. The fraction of sp³-hybridized carbons (Fsp3) is 0.414. The number of carboxylic acids is 1. The molecule has 2 aromatic carbocycles. The normalized spacial score (nSPS) is 14.4. The lowest BCUT2D eigenvalue weighted by molar-refractivity contribution is -0.137. The second-order valence-electron chi connectivity index (χ2n) is 9.07. The Balaban J connectivity index is 1.50. The first-order valence-electron chi connectivity index (χ1n) is 12.9. The lowest BCUT2D eigenvalue weighted by atomic mass is 10.0. The summed E-state index contributed by atoms with van der Waals surface area (Å²) in [5.41, 5.74) is 5.05. The van der Waals surface area contributed by atoms with Gasteiger partial charge in [-0.25, -0.2) is 0 Å². The van der Waals surface area contributed by atoms with Crippen LogP contribution in [-0.2, 0) is 16.0 Å². The van der Waals surface area contributed by atoms with E-state index in [9.17, 15) is 14.4 Å². The number of benzene rings is 2. The molecule has 0 aromatic heterocycles. The molecule has 0 aliphatic heterocycles. The van der Waals surface area contributed by atoms with E-state index in [-0.39, 0.29) is 24.3 Å². The number of nitrogens with one attached hydrogen (secondary N) is 2. The number of carbonyl (C=O) groups is 3. The molecule has 1 unspecified atom stereocenters. The average Bonchev–Trinajstić information content (AvgIpc) is 3.27. The first kappa shape index (κ1) is 27.0. The highest BCUT2D eigenvalue weighted by Gasteiger charge is 2.24. The highest BCUT2D eigenvalue weighted by Crippen LogP contribution is 2.32. The molecule has 0 saturated carbocycles. The van der Waals surface area contributed by atoms with Gasteiger partial charge in [-0.15, -0.1) is 0 Å². The molecule has 1 atom stereocenters. The second-order valence-corrected chi connectivity index (χ2v) is 9.07. The predicted octanol–water partition coefficient (Wildman–Crippen LogP) is 4.72. The molecule has 3 N–H and O–H groups in total. The van der Waals surface area contributed by atoms with Gasteiger partial charge in [0.1, 0.15) is 0 Å². The van der Waals surface area contributed by atoms with Crippen molar-refractivity contribution >= 4 is 29.5 Å². The van der Waals surface area contributed by atoms with Crippen molar-refractivity contribution in [2.24, 2.45) is 0 Å². The van der Waals surface area contributed by atoms with Crippen molar-refractivity contribution < 1.29 is 19.5 Å². The Labute approximate surface area is 213 Å². The molecular formula is C29H37N3O4. The van der Waals surface area contributed by atoms with Crippen LogP contribution < -0.4 is 15.5 Å². The van der Waals surface area contributed by atoms with Crippen molar-refractivity contribution in [3.05, 3.63) is 70.8 Å². The van der Waals surface area contributed by atoms with Crippen LogP contribution in [0, 0.1) is 0 Å². The van der Waals surface area contributed by atoms with E-state index in [1.165, 1.54) is 11.6 Å². The molecule has 192 valence electrons. The minimum atomic E-state index is -0.786. The fourth-order valence-electron chi connectivity index (χ4n) is 4.57. The predicted molar refractivity (Wildman–Crippen MR) is 143 cm³/mol. The Bertz CT molecular complexity index is 1070. The molecule has 0 saturated heterocycles. The SMILES string of the molecule is CCN(CC)c1ccc(C(=O)NC2CCc3cc(/C=C/C(=O)NCCCCCC(=O)O)ccc32)cc1. The zero-order chi connectivity index (χ0) is 25.9. The van der Waals surface area contributed by atoms with Crippen molar-refractivity contribution in [1.82, 2.24) is 10.6 Å². The lowest BCUT2D eigenvalue weighted by Crippen LogP contribution is -2.27. The van der Waals surface area contributed by atoms with Crippen LogP contribution in [0.3, 0.4) is 0 Å². The lowest BCUT2D eigenvalue weighted by Gasteiger charge is -2.21. The monoisotopic (exact) mass is 491 g/mol. The topological polar surface area (TPSA) is 98.7 Å². The van der Waals surface area contributed by atoms with Gasteiger partial charge in [-0.2, -0.15) is 0 Å². The summed E-state index contributed by atoms with van der Waals surface area (Å²) in [5.74, 6) is -1.01. The van der Waals surface area contributed by atoms with E-state index < -0.39 is 5.97 Å². The minimum absolute atomic E-state index is 0.0163. The number of rotatable bonds is 13. The quantitative estimate of drug-likeness (QED) is 0.278. The summed E-state index contributed by atoms with van der Waals surface area (Å²) in [4.78, 5) is 37.6. The molecule has 3 rings (SSSR count). The Hall–Kier alpha value is -3.61. The van der Waals surface area contributed by atoms with E-state index in [4.69, 9.17) is 5.11 Å². The molecule has 7 nitrogen and oxygen atoms in total. The number of carbonyl (C=O) groups excluding carboxylic acids is 2. The van der Waals surface area contributed by atoms with Crippen LogP contribution in [0.15, 0.2) is 48.5 Å². The number of aryl methyl sites for hydroxylation is 1. The number of aliphatic carboxylic acids is 1. The number of hydrogen-bond donors (Lipinski definition) is 3. The van der Waals surface area contributed by atoms with E-state index in [2.05, 4.69) is 35.4 Å². The molecule has 0 radical (unpaired) electrons. The highest BCUT2D eigenvalue weighted by molar-refractivity contribution is 5.95. The van der Waals surface area contributed by atoms with Gasteiger partial charge < -0.3 is 20.6 Å². The van der Waals surface area contributed by atoms with Crippen molar-refractivity contribution in [2.45, 2.75) is 58.4 Å². The fourth-order valence-corrected chi connectivity index (χ4v) is 4.57. The summed E-state index contributed by atoms with van der Waals surface area (Å²) >= 11 is 0. The number of amides is 2. The molecule has 2 amide bonds. The van der Waals surface area contributed by atoms with Gasteiger partial charge in [0.25, 0.3) is 5.91 Å². The molecule has 7 heteroatoms. The van der Waals surface area contributed by atoms with Crippen molar-refractivity contribution in [1.29, 1.82) is 0 Å². The van der Waals surface area contributed by atoms with Gasteiger partial charge in [0.05, 0.1) is 6.04 Å². The molecule has 1 aliphatic rings. The van der Waals surface area contributed by atoms with E-state index in [0.29, 0.717) is 18.5 Å². The van der Waals surface area contributed by atoms with Gasteiger partial charge in [-0.05, 0) is 86.6 Å². The summed E-state index contributed by atoms with van der Waals surface area (Å²) in [6.07, 6.45) is 7.39. The summed E-state index contributed by atoms with van der Waals surface area (Å²) in [5, 5.41) is 14.6. The van der Waals surface area contributed by atoms with Crippen LogP contribution in [0.1, 0.15) is 79.0 Å². The Morgan fingerprint density at radius 1 is 1.03 bits per heavy atom. The zero-order valence-corrected chi connectivity index (χ0v) is 21.3. The van der Waals surface area contributed by atoms with E-state index in [1.54, 1.807) is 6.08 Å². The molecule has 0 bridgehead atoms. The third-order valence-corrected chi connectivity index (χ3v) is 6.60. The maximum absolute atomic E-state index is 12.8. The minimum Gasteiger partial charge on any atom is -0.481 e. The number of anilines is 1. The smallest absolute Gasteiger partial charge is 0.303 e. The van der Waals surface area contributed by atoms with Gasteiger partial charge in [0.2, 0.25) is 5.91 Å². The van der Waals surface area contributed by atoms with Crippen LogP contribution in [0.25, 0.3) is 6.08 Å². The van der Waals surface area contributed by atoms with E-state index in [0.717, 1.165) is 55.6 Å². The molecule has 0 heterocycles. The third-order valence-electron chi connectivity index (χ3n) is 6.60. The number of nitrogens with zero attached hydrogens (tertiary/aromatic N) is 1. The first-order chi connectivity index (χ1) is 17.4. The Kier molecular flexibility index (Phi) is 10.1. The van der Waals surface area contributed by atoms with Crippen molar-refractivity contribution in [3.8, 4) is 0 Å². The third kappa shape index (κ3) is 7.70. The van der Waals surface area contributed by atoms with Gasteiger partial charge in [0.15, 0.2) is 0 Å². The first-order valence-corrected chi connectivity index (χ1v) is 12.9. The van der Waals surface area contributed by atoms with Gasteiger partial charge in [-0.1, -0.05) is 24.6 Å². The molecule has 36 heavy (non-hydrogen) atoms. The van der Waals surface area contributed by atoms with Crippen LogP contribution in [-0.4, -0.2) is 42.5 Å². The van der Waals surface area contributed by atoms with Gasteiger partial charge in [0, 0.05) is 43.4 Å². The van der Waals surface area contributed by atoms with Crippen LogP contribution in [0.4, 0.5) is 5.69 Å². The highest BCUT2D eigenvalue weighted by atomic mass is 16.4. The van der Waals surface area contributed by atoms with Crippen molar-refractivity contribution in [3.63, 3.8) is 0 Å².